The molecule has 1 atom stereocenters. The van der Waals surface area contributed by atoms with E-state index in [1.807, 2.05) is 6.92 Å². The minimum atomic E-state index is -0.362. The molecule has 0 amide bonds. The molecule has 0 bridgehead atoms. The molecule has 0 aliphatic heterocycles. The maximum atomic E-state index is 11.2. The maximum absolute atomic E-state index is 11.2. The van der Waals surface area contributed by atoms with Gasteiger partial charge in [-0.05, 0) is 13.3 Å². The van der Waals surface area contributed by atoms with Crippen molar-refractivity contribution >= 4 is 5.97 Å². The normalized spacial score (nSPS) is 12.1. The van der Waals surface area contributed by atoms with Crippen LogP contribution < -0.4 is 0 Å². The Hall–Kier alpha value is -1.13. The minimum Gasteiger partial charge on any atom is -0.466 e. The molecule has 0 fully saturated rings. The molecule has 0 aromatic carbocycles. The molecule has 5 nitrogen and oxygen atoms in total. The highest BCUT2D eigenvalue weighted by Gasteiger charge is 2.19. The minimum absolute atomic E-state index is 0.140. The number of nitrogens with zero attached hydrogens (tertiary/aromatic N) is 1. The van der Waals surface area contributed by atoms with Gasteiger partial charge in [0.2, 0.25) is 6.54 Å². The van der Waals surface area contributed by atoms with Crippen molar-refractivity contribution < 1.29 is 14.5 Å². The van der Waals surface area contributed by atoms with Crippen LogP contribution in [0.3, 0.4) is 0 Å². The van der Waals surface area contributed by atoms with E-state index in [9.17, 15) is 14.9 Å². The van der Waals surface area contributed by atoms with Crippen molar-refractivity contribution in [2.75, 3.05) is 13.2 Å². The van der Waals surface area contributed by atoms with Crippen LogP contribution in [0.15, 0.2) is 0 Å². The topological polar surface area (TPSA) is 69.4 Å². The molecule has 0 spiro atoms. The lowest BCUT2D eigenvalue weighted by Gasteiger charge is -2.10. The first-order valence-corrected chi connectivity index (χ1v) is 5.37. The first kappa shape index (κ1) is 13.9. The second-order valence-corrected chi connectivity index (χ2v) is 3.53. The van der Waals surface area contributed by atoms with Crippen molar-refractivity contribution in [1.82, 2.24) is 0 Å². The van der Waals surface area contributed by atoms with E-state index in [2.05, 4.69) is 0 Å². The zero-order valence-electron chi connectivity index (χ0n) is 9.40. The van der Waals surface area contributed by atoms with Gasteiger partial charge in [0.1, 0.15) is 0 Å². The van der Waals surface area contributed by atoms with Crippen molar-refractivity contribution in [3.63, 3.8) is 0 Å². The number of nitro groups is 1. The molecule has 0 aliphatic rings. The standard InChI is InChI=1S/C10H19NO4/c1-3-5-6-9(8-11(13)14)7-10(12)15-4-2/h9H,3-8H2,1-2H3/t9-/m1/s1. The molecule has 0 aromatic heterocycles. The fourth-order valence-corrected chi connectivity index (χ4v) is 1.42. The zero-order valence-corrected chi connectivity index (χ0v) is 9.40. The predicted molar refractivity (Wildman–Crippen MR) is 56.1 cm³/mol. The SMILES string of the molecule is CCCC[C@H](CC(=O)OCC)C[N+](=O)[O-]. The van der Waals surface area contributed by atoms with E-state index >= 15 is 0 Å². The Balaban J connectivity index is 3.98. The smallest absolute Gasteiger partial charge is 0.306 e. The number of esters is 1. The molecule has 5 heteroatoms. The Morgan fingerprint density at radius 2 is 2.13 bits per heavy atom. The summed E-state index contributed by atoms with van der Waals surface area (Å²) >= 11 is 0. The van der Waals surface area contributed by atoms with Crippen LogP contribution in [0.25, 0.3) is 0 Å². The van der Waals surface area contributed by atoms with E-state index in [0.29, 0.717) is 6.61 Å². The van der Waals surface area contributed by atoms with Gasteiger partial charge >= 0.3 is 5.97 Å². The van der Waals surface area contributed by atoms with E-state index in [1.54, 1.807) is 6.92 Å². The van der Waals surface area contributed by atoms with E-state index in [-0.39, 0.29) is 29.8 Å². The summed E-state index contributed by atoms with van der Waals surface area (Å²) in [5.74, 6) is -0.514. The number of carbonyl (C=O) groups is 1. The molecule has 0 radical (unpaired) electrons. The van der Waals surface area contributed by atoms with E-state index in [4.69, 9.17) is 4.74 Å². The summed E-state index contributed by atoms with van der Waals surface area (Å²) in [6, 6.07) is 0. The molecular formula is C10H19NO4. The highest BCUT2D eigenvalue weighted by molar-refractivity contribution is 5.69. The lowest BCUT2D eigenvalue weighted by atomic mass is 9.99. The van der Waals surface area contributed by atoms with Gasteiger partial charge in [0.05, 0.1) is 13.0 Å². The summed E-state index contributed by atoms with van der Waals surface area (Å²) in [7, 11) is 0. The average molecular weight is 217 g/mol. The van der Waals surface area contributed by atoms with E-state index in [0.717, 1.165) is 19.3 Å². The van der Waals surface area contributed by atoms with E-state index < -0.39 is 0 Å². The van der Waals surface area contributed by atoms with Crippen molar-refractivity contribution in [2.24, 2.45) is 5.92 Å². The number of ether oxygens (including phenoxy) is 1. The highest BCUT2D eigenvalue weighted by atomic mass is 16.6. The molecule has 0 unspecified atom stereocenters. The van der Waals surface area contributed by atoms with Crippen LogP contribution in [0.1, 0.15) is 39.5 Å². The third-order valence-electron chi connectivity index (χ3n) is 2.13. The third kappa shape index (κ3) is 7.90. The molecule has 0 saturated carbocycles. The predicted octanol–water partition coefficient (Wildman–Crippen LogP) is 2.02. The van der Waals surface area contributed by atoms with Crippen LogP contribution in [0, 0.1) is 16.0 Å². The molecule has 88 valence electrons. The number of unbranched alkanes of at least 4 members (excludes halogenated alkanes) is 1. The first-order valence-electron chi connectivity index (χ1n) is 5.37. The lowest BCUT2D eigenvalue weighted by Crippen LogP contribution is -2.19. The number of hydrogen-bond acceptors (Lipinski definition) is 4. The monoisotopic (exact) mass is 217 g/mol. The van der Waals surface area contributed by atoms with Crippen molar-refractivity contribution in [2.45, 2.75) is 39.5 Å². The van der Waals surface area contributed by atoms with Crippen LogP contribution in [0.2, 0.25) is 0 Å². The van der Waals surface area contributed by atoms with Gasteiger partial charge in [0.15, 0.2) is 0 Å². The van der Waals surface area contributed by atoms with Gasteiger partial charge in [-0.1, -0.05) is 19.8 Å². The number of rotatable bonds is 8. The van der Waals surface area contributed by atoms with Gasteiger partial charge in [0, 0.05) is 10.8 Å². The molecule has 0 heterocycles. The molecule has 0 N–H and O–H groups in total. The fraction of sp³-hybridized carbons (Fsp3) is 0.900. The van der Waals surface area contributed by atoms with Crippen LogP contribution >= 0.6 is 0 Å². The van der Waals surface area contributed by atoms with Gasteiger partial charge in [-0.3, -0.25) is 14.9 Å². The van der Waals surface area contributed by atoms with Gasteiger partial charge < -0.3 is 4.74 Å². The first-order chi connectivity index (χ1) is 7.10. The Morgan fingerprint density at radius 3 is 2.60 bits per heavy atom. The molecule has 15 heavy (non-hydrogen) atoms. The van der Waals surface area contributed by atoms with Crippen molar-refractivity contribution in [1.29, 1.82) is 0 Å². The van der Waals surface area contributed by atoms with Crippen LogP contribution in [0.5, 0.6) is 0 Å². The highest BCUT2D eigenvalue weighted by Crippen LogP contribution is 2.14. The summed E-state index contributed by atoms with van der Waals surface area (Å²) in [6.45, 7) is 3.94. The Bertz CT molecular complexity index is 206. The summed E-state index contributed by atoms with van der Waals surface area (Å²) in [5.41, 5.74) is 0. The summed E-state index contributed by atoms with van der Waals surface area (Å²) < 4.78 is 4.77. The van der Waals surface area contributed by atoms with Crippen LogP contribution in [-0.2, 0) is 9.53 Å². The number of hydrogen-bond donors (Lipinski definition) is 0. The van der Waals surface area contributed by atoms with Gasteiger partial charge in [-0.25, -0.2) is 0 Å². The second kappa shape index (κ2) is 8.20. The van der Waals surface area contributed by atoms with E-state index in [1.165, 1.54) is 0 Å². The Morgan fingerprint density at radius 1 is 1.47 bits per heavy atom. The van der Waals surface area contributed by atoms with Crippen LogP contribution in [-0.4, -0.2) is 24.0 Å². The quantitative estimate of drug-likeness (QED) is 0.354. The lowest BCUT2D eigenvalue weighted by molar-refractivity contribution is -0.488. The Labute approximate surface area is 90.0 Å². The maximum Gasteiger partial charge on any atom is 0.306 e. The van der Waals surface area contributed by atoms with Crippen LogP contribution in [0.4, 0.5) is 0 Å². The largest absolute Gasteiger partial charge is 0.466 e. The molecular weight excluding hydrogens is 198 g/mol. The summed E-state index contributed by atoms with van der Waals surface area (Å²) in [5, 5.41) is 10.4. The summed E-state index contributed by atoms with van der Waals surface area (Å²) in [4.78, 5) is 21.2. The second-order valence-electron chi connectivity index (χ2n) is 3.53. The summed E-state index contributed by atoms with van der Waals surface area (Å²) in [6.07, 6.45) is 2.78. The molecule has 0 saturated heterocycles. The third-order valence-corrected chi connectivity index (χ3v) is 2.13. The molecule has 0 aliphatic carbocycles. The molecule has 0 rings (SSSR count). The fourth-order valence-electron chi connectivity index (χ4n) is 1.42. The van der Waals surface area contributed by atoms with Crippen molar-refractivity contribution in [3.8, 4) is 0 Å². The number of carbonyl (C=O) groups excluding carboxylic acids is 1. The zero-order chi connectivity index (χ0) is 11.7. The Kier molecular flexibility index (Phi) is 7.58. The van der Waals surface area contributed by atoms with Gasteiger partial charge in [-0.2, -0.15) is 0 Å². The average Bonchev–Trinajstić information content (AvgIpc) is 2.13. The van der Waals surface area contributed by atoms with Gasteiger partial charge in [0.25, 0.3) is 0 Å². The van der Waals surface area contributed by atoms with Gasteiger partial charge in [-0.15, -0.1) is 0 Å². The van der Waals surface area contributed by atoms with Crippen molar-refractivity contribution in [3.05, 3.63) is 10.1 Å². The molecule has 0 aromatic rings.